The quantitative estimate of drug-likeness (QED) is 0.696. The minimum Gasteiger partial charge on any atom is -0.314 e. The minimum atomic E-state index is 0.594. The van der Waals surface area contributed by atoms with Gasteiger partial charge in [0, 0.05) is 31.2 Å². The normalized spacial score (nSPS) is 35.6. The predicted octanol–water partition coefficient (Wildman–Crippen LogP) is 0.566. The summed E-state index contributed by atoms with van der Waals surface area (Å²) < 4.78 is 0. The van der Waals surface area contributed by atoms with Gasteiger partial charge < -0.3 is 10.6 Å². The second-order valence-electron chi connectivity index (χ2n) is 5.48. The monoisotopic (exact) mass is 209 g/mol. The zero-order chi connectivity index (χ0) is 10.1. The fourth-order valence-corrected chi connectivity index (χ4v) is 3.87. The SMILES string of the molecule is C1CN2CCCC2(CC2CNCCN2)C1. The second kappa shape index (κ2) is 4.04. The van der Waals surface area contributed by atoms with Gasteiger partial charge in [0.15, 0.2) is 0 Å². The molecule has 3 aliphatic rings. The first-order valence-corrected chi connectivity index (χ1v) is 6.58. The molecule has 0 aromatic rings. The topological polar surface area (TPSA) is 27.3 Å². The highest BCUT2D eigenvalue weighted by atomic mass is 15.2. The van der Waals surface area contributed by atoms with E-state index in [-0.39, 0.29) is 0 Å². The van der Waals surface area contributed by atoms with Crippen molar-refractivity contribution >= 4 is 0 Å². The Balaban J connectivity index is 1.64. The van der Waals surface area contributed by atoms with Gasteiger partial charge in [0.25, 0.3) is 0 Å². The maximum atomic E-state index is 3.66. The van der Waals surface area contributed by atoms with E-state index in [9.17, 15) is 0 Å². The number of rotatable bonds is 2. The second-order valence-corrected chi connectivity index (χ2v) is 5.48. The summed E-state index contributed by atoms with van der Waals surface area (Å²) in [5, 5.41) is 7.17. The summed E-state index contributed by atoms with van der Waals surface area (Å²) in [6.45, 7) is 6.20. The van der Waals surface area contributed by atoms with Crippen molar-refractivity contribution in [2.24, 2.45) is 0 Å². The maximum absolute atomic E-state index is 3.66. The summed E-state index contributed by atoms with van der Waals surface area (Å²) in [6.07, 6.45) is 7.14. The van der Waals surface area contributed by atoms with Gasteiger partial charge in [0.1, 0.15) is 0 Å². The molecule has 0 aliphatic carbocycles. The van der Waals surface area contributed by atoms with E-state index in [1.54, 1.807) is 0 Å². The molecular formula is C12H23N3. The highest BCUT2D eigenvalue weighted by molar-refractivity contribution is 5.02. The zero-order valence-corrected chi connectivity index (χ0v) is 9.60. The van der Waals surface area contributed by atoms with Crippen LogP contribution in [0.2, 0.25) is 0 Å². The van der Waals surface area contributed by atoms with Crippen LogP contribution in [0.25, 0.3) is 0 Å². The fourth-order valence-electron chi connectivity index (χ4n) is 3.87. The summed E-state index contributed by atoms with van der Waals surface area (Å²) in [5.41, 5.74) is 0.594. The molecule has 2 N–H and O–H groups in total. The standard InChI is InChI=1S/C12H23N3/c1-3-12(4-2-8-15(12)7-1)9-11-10-13-5-6-14-11/h11,13-14H,1-10H2. The van der Waals surface area contributed by atoms with Gasteiger partial charge in [-0.1, -0.05) is 0 Å². The van der Waals surface area contributed by atoms with Gasteiger partial charge in [-0.25, -0.2) is 0 Å². The maximum Gasteiger partial charge on any atom is 0.0225 e. The largest absolute Gasteiger partial charge is 0.314 e. The van der Waals surface area contributed by atoms with Crippen LogP contribution in [0.5, 0.6) is 0 Å². The summed E-state index contributed by atoms with van der Waals surface area (Å²) in [7, 11) is 0. The molecule has 0 saturated carbocycles. The van der Waals surface area contributed by atoms with E-state index in [0.29, 0.717) is 5.54 Å². The third-order valence-electron chi connectivity index (χ3n) is 4.56. The number of nitrogens with zero attached hydrogens (tertiary/aromatic N) is 1. The van der Waals surface area contributed by atoms with Crippen molar-refractivity contribution in [3.63, 3.8) is 0 Å². The van der Waals surface area contributed by atoms with Crippen molar-refractivity contribution in [2.45, 2.75) is 43.7 Å². The van der Waals surface area contributed by atoms with E-state index in [1.807, 2.05) is 0 Å². The summed E-state index contributed by atoms with van der Waals surface area (Å²) in [6, 6.07) is 0.720. The fraction of sp³-hybridized carbons (Fsp3) is 1.00. The Morgan fingerprint density at radius 3 is 2.60 bits per heavy atom. The molecule has 3 saturated heterocycles. The van der Waals surface area contributed by atoms with Crippen LogP contribution < -0.4 is 10.6 Å². The highest BCUT2D eigenvalue weighted by Crippen LogP contribution is 2.41. The van der Waals surface area contributed by atoms with Crippen LogP contribution in [0.15, 0.2) is 0 Å². The van der Waals surface area contributed by atoms with Gasteiger partial charge in [0.2, 0.25) is 0 Å². The van der Waals surface area contributed by atoms with Crippen LogP contribution in [0.4, 0.5) is 0 Å². The number of piperazine rings is 1. The zero-order valence-electron chi connectivity index (χ0n) is 9.60. The molecule has 0 bridgehead atoms. The molecule has 0 aromatic carbocycles. The lowest BCUT2D eigenvalue weighted by atomic mass is 9.86. The first kappa shape index (κ1) is 10.1. The Hall–Kier alpha value is -0.120. The van der Waals surface area contributed by atoms with Crippen LogP contribution in [0.1, 0.15) is 32.1 Å². The minimum absolute atomic E-state index is 0.594. The lowest BCUT2D eigenvalue weighted by molar-refractivity contribution is 0.158. The molecule has 3 fully saturated rings. The molecule has 0 aromatic heterocycles. The van der Waals surface area contributed by atoms with E-state index in [1.165, 1.54) is 51.7 Å². The number of hydrogen-bond acceptors (Lipinski definition) is 3. The van der Waals surface area contributed by atoms with Gasteiger partial charge >= 0.3 is 0 Å². The molecule has 86 valence electrons. The predicted molar refractivity (Wildman–Crippen MR) is 62.0 cm³/mol. The van der Waals surface area contributed by atoms with Crippen molar-refractivity contribution < 1.29 is 0 Å². The van der Waals surface area contributed by atoms with Crippen molar-refractivity contribution in [3.8, 4) is 0 Å². The van der Waals surface area contributed by atoms with Crippen LogP contribution in [-0.4, -0.2) is 49.2 Å². The van der Waals surface area contributed by atoms with Crippen LogP contribution in [0.3, 0.4) is 0 Å². The molecule has 0 radical (unpaired) electrons. The highest BCUT2D eigenvalue weighted by Gasteiger charge is 2.45. The average Bonchev–Trinajstić information content (AvgIpc) is 2.78. The van der Waals surface area contributed by atoms with Crippen molar-refractivity contribution in [1.29, 1.82) is 0 Å². The van der Waals surface area contributed by atoms with Crippen molar-refractivity contribution in [2.75, 3.05) is 32.7 Å². The van der Waals surface area contributed by atoms with Gasteiger partial charge in [0.05, 0.1) is 0 Å². The molecule has 3 heterocycles. The van der Waals surface area contributed by atoms with E-state index in [0.717, 1.165) is 19.1 Å². The van der Waals surface area contributed by atoms with Crippen molar-refractivity contribution in [3.05, 3.63) is 0 Å². The molecule has 1 unspecified atom stereocenters. The molecule has 3 heteroatoms. The lowest BCUT2D eigenvalue weighted by Crippen LogP contribution is -2.53. The molecule has 15 heavy (non-hydrogen) atoms. The molecule has 1 atom stereocenters. The smallest absolute Gasteiger partial charge is 0.0225 e. The third kappa shape index (κ3) is 1.81. The summed E-state index contributed by atoms with van der Waals surface area (Å²) in [5.74, 6) is 0. The Bertz CT molecular complexity index is 213. The Morgan fingerprint density at radius 1 is 1.13 bits per heavy atom. The Kier molecular flexibility index (Phi) is 2.71. The number of hydrogen-bond donors (Lipinski definition) is 2. The molecular weight excluding hydrogens is 186 g/mol. The molecule has 0 spiro atoms. The van der Waals surface area contributed by atoms with E-state index in [4.69, 9.17) is 0 Å². The molecule has 0 amide bonds. The van der Waals surface area contributed by atoms with E-state index in [2.05, 4.69) is 15.5 Å². The van der Waals surface area contributed by atoms with Crippen LogP contribution in [-0.2, 0) is 0 Å². The van der Waals surface area contributed by atoms with E-state index < -0.39 is 0 Å². The molecule has 3 rings (SSSR count). The molecule has 3 aliphatic heterocycles. The van der Waals surface area contributed by atoms with Crippen LogP contribution in [0, 0.1) is 0 Å². The number of nitrogens with one attached hydrogen (secondary N) is 2. The Morgan fingerprint density at radius 2 is 1.93 bits per heavy atom. The number of fused-ring (bicyclic) bond motifs is 1. The average molecular weight is 209 g/mol. The van der Waals surface area contributed by atoms with Gasteiger partial charge in [-0.2, -0.15) is 0 Å². The lowest BCUT2D eigenvalue weighted by Gasteiger charge is -2.37. The van der Waals surface area contributed by atoms with Crippen LogP contribution >= 0.6 is 0 Å². The van der Waals surface area contributed by atoms with E-state index >= 15 is 0 Å². The first-order chi connectivity index (χ1) is 7.39. The first-order valence-electron chi connectivity index (χ1n) is 6.58. The summed E-state index contributed by atoms with van der Waals surface area (Å²) >= 11 is 0. The van der Waals surface area contributed by atoms with Gasteiger partial charge in [-0.15, -0.1) is 0 Å². The third-order valence-corrected chi connectivity index (χ3v) is 4.56. The van der Waals surface area contributed by atoms with Gasteiger partial charge in [-0.05, 0) is 45.2 Å². The van der Waals surface area contributed by atoms with Gasteiger partial charge in [-0.3, -0.25) is 4.90 Å². The Labute approximate surface area is 92.6 Å². The molecule has 3 nitrogen and oxygen atoms in total. The van der Waals surface area contributed by atoms with Crippen molar-refractivity contribution in [1.82, 2.24) is 15.5 Å². The summed E-state index contributed by atoms with van der Waals surface area (Å²) in [4.78, 5) is 2.77.